The van der Waals surface area contributed by atoms with E-state index in [0.717, 1.165) is 12.8 Å². The molecule has 1 saturated heterocycles. The molecule has 0 radical (unpaired) electrons. The van der Waals surface area contributed by atoms with Gasteiger partial charge < -0.3 is 0 Å². The topological polar surface area (TPSA) is 50.3 Å². The highest BCUT2D eigenvalue weighted by Gasteiger charge is 2.33. The second kappa shape index (κ2) is 4.31. The zero-order valence-corrected chi connectivity index (χ0v) is 10.5. The molecule has 4 nitrogen and oxygen atoms in total. The highest BCUT2D eigenvalue weighted by Crippen LogP contribution is 2.28. The normalized spacial score (nSPS) is 22.5. The van der Waals surface area contributed by atoms with Crippen LogP contribution in [0, 0.1) is 0 Å². The molecule has 0 aromatic carbocycles. The fraction of sp³-hybridized carbons (Fsp3) is 0.500. The van der Waals surface area contributed by atoms with Crippen LogP contribution in [0.5, 0.6) is 0 Å². The lowest BCUT2D eigenvalue weighted by Gasteiger charge is -2.21. The summed E-state index contributed by atoms with van der Waals surface area (Å²) in [5.74, 6) is 0. The fourth-order valence-electron chi connectivity index (χ4n) is 1.94. The van der Waals surface area contributed by atoms with Gasteiger partial charge in [0, 0.05) is 25.0 Å². The highest BCUT2D eigenvalue weighted by atomic mass is 35.5. The van der Waals surface area contributed by atoms with Crippen LogP contribution in [-0.4, -0.2) is 30.3 Å². The van der Waals surface area contributed by atoms with Crippen LogP contribution in [0.1, 0.15) is 19.8 Å². The van der Waals surface area contributed by atoms with E-state index in [-0.39, 0.29) is 16.0 Å². The monoisotopic (exact) mass is 260 g/mol. The lowest BCUT2D eigenvalue weighted by molar-refractivity contribution is 0.408. The molecule has 0 spiro atoms. The molecule has 88 valence electrons. The molecule has 0 saturated carbocycles. The van der Waals surface area contributed by atoms with Gasteiger partial charge in [0.25, 0.3) is 0 Å². The van der Waals surface area contributed by atoms with Crippen molar-refractivity contribution in [1.29, 1.82) is 0 Å². The molecule has 6 heteroatoms. The fourth-order valence-corrected chi connectivity index (χ4v) is 4.05. The Hall–Kier alpha value is -0.650. The van der Waals surface area contributed by atoms with Gasteiger partial charge in [-0.25, -0.2) is 8.42 Å². The minimum absolute atomic E-state index is 0.0428. The molecular formula is C10H13ClN2O2S. The molecule has 1 aliphatic rings. The van der Waals surface area contributed by atoms with Crippen LogP contribution < -0.4 is 0 Å². The standard InChI is InChI=1S/C10H13ClN2O2S/c1-8-3-2-6-13(8)16(14,15)10-7-12-5-4-9(10)11/h4-5,7-8H,2-3,6H2,1H3. The van der Waals surface area contributed by atoms with Gasteiger partial charge in [0.1, 0.15) is 4.90 Å². The zero-order valence-electron chi connectivity index (χ0n) is 8.93. The van der Waals surface area contributed by atoms with Gasteiger partial charge in [-0.2, -0.15) is 4.31 Å². The molecule has 2 rings (SSSR count). The van der Waals surface area contributed by atoms with Crippen molar-refractivity contribution < 1.29 is 8.42 Å². The summed E-state index contributed by atoms with van der Waals surface area (Å²) in [7, 11) is -3.48. The summed E-state index contributed by atoms with van der Waals surface area (Å²) < 4.78 is 26.0. The van der Waals surface area contributed by atoms with Crippen LogP contribution in [-0.2, 0) is 10.0 Å². The van der Waals surface area contributed by atoms with Crippen molar-refractivity contribution in [2.75, 3.05) is 6.54 Å². The SMILES string of the molecule is CC1CCCN1S(=O)(=O)c1cnccc1Cl. The van der Waals surface area contributed by atoms with Gasteiger partial charge in [-0.3, -0.25) is 4.98 Å². The average Bonchev–Trinajstić information content (AvgIpc) is 2.65. The second-order valence-corrected chi connectivity index (χ2v) is 6.18. The molecule has 1 atom stereocenters. The Labute approximate surface area is 100 Å². The first kappa shape index (κ1) is 11.8. The molecule has 0 N–H and O–H groups in total. The van der Waals surface area contributed by atoms with Crippen LogP contribution in [0.15, 0.2) is 23.4 Å². The van der Waals surface area contributed by atoms with E-state index < -0.39 is 10.0 Å². The summed E-state index contributed by atoms with van der Waals surface area (Å²) in [6, 6.07) is 1.54. The zero-order chi connectivity index (χ0) is 11.8. The Morgan fingerprint density at radius 3 is 2.88 bits per heavy atom. The molecule has 0 bridgehead atoms. The summed E-state index contributed by atoms with van der Waals surface area (Å²) in [4.78, 5) is 3.92. The highest BCUT2D eigenvalue weighted by molar-refractivity contribution is 7.89. The van der Waals surface area contributed by atoms with E-state index in [9.17, 15) is 8.42 Å². The van der Waals surface area contributed by atoms with E-state index in [1.165, 1.54) is 22.8 Å². The first-order chi connectivity index (χ1) is 7.53. The average molecular weight is 261 g/mol. The van der Waals surface area contributed by atoms with Crippen molar-refractivity contribution in [3.05, 3.63) is 23.5 Å². The largest absolute Gasteiger partial charge is 0.263 e. The van der Waals surface area contributed by atoms with Crippen molar-refractivity contribution in [1.82, 2.24) is 9.29 Å². The Morgan fingerprint density at radius 1 is 1.56 bits per heavy atom. The molecule has 1 aromatic heterocycles. The van der Waals surface area contributed by atoms with Crippen LogP contribution in [0.2, 0.25) is 5.02 Å². The van der Waals surface area contributed by atoms with Crippen LogP contribution >= 0.6 is 11.6 Å². The molecule has 2 heterocycles. The molecule has 1 fully saturated rings. The van der Waals surface area contributed by atoms with Gasteiger partial charge in [-0.15, -0.1) is 0 Å². The van der Waals surface area contributed by atoms with Gasteiger partial charge in [-0.1, -0.05) is 11.6 Å². The predicted octanol–water partition coefficient (Wildman–Crippen LogP) is 1.91. The molecule has 1 aromatic rings. The molecule has 1 aliphatic heterocycles. The van der Waals surface area contributed by atoms with E-state index in [2.05, 4.69) is 4.98 Å². The molecule has 16 heavy (non-hydrogen) atoms. The first-order valence-electron chi connectivity index (χ1n) is 5.15. The second-order valence-electron chi connectivity index (χ2n) is 3.91. The molecular weight excluding hydrogens is 248 g/mol. The first-order valence-corrected chi connectivity index (χ1v) is 6.96. The third kappa shape index (κ3) is 1.95. The lowest BCUT2D eigenvalue weighted by atomic mass is 10.3. The van der Waals surface area contributed by atoms with Gasteiger partial charge >= 0.3 is 0 Å². The van der Waals surface area contributed by atoms with Crippen molar-refractivity contribution in [2.45, 2.75) is 30.7 Å². The van der Waals surface area contributed by atoms with E-state index >= 15 is 0 Å². The van der Waals surface area contributed by atoms with Crippen LogP contribution in [0.3, 0.4) is 0 Å². The van der Waals surface area contributed by atoms with Gasteiger partial charge in [-0.05, 0) is 25.8 Å². The molecule has 0 aliphatic carbocycles. The van der Waals surface area contributed by atoms with Crippen molar-refractivity contribution >= 4 is 21.6 Å². The van der Waals surface area contributed by atoms with E-state index in [0.29, 0.717) is 6.54 Å². The van der Waals surface area contributed by atoms with E-state index in [1.54, 1.807) is 0 Å². The molecule has 1 unspecified atom stereocenters. The maximum Gasteiger partial charge on any atom is 0.246 e. The number of halogens is 1. The number of hydrogen-bond acceptors (Lipinski definition) is 3. The quantitative estimate of drug-likeness (QED) is 0.816. The summed E-state index contributed by atoms with van der Waals surface area (Å²) in [5.41, 5.74) is 0. The van der Waals surface area contributed by atoms with Crippen molar-refractivity contribution in [2.24, 2.45) is 0 Å². The number of aromatic nitrogens is 1. The van der Waals surface area contributed by atoms with Gasteiger partial charge in [0.15, 0.2) is 0 Å². The summed E-state index contributed by atoms with van der Waals surface area (Å²) >= 11 is 5.89. The summed E-state index contributed by atoms with van der Waals surface area (Å²) in [6.07, 6.45) is 4.59. The Morgan fingerprint density at radius 2 is 2.31 bits per heavy atom. The maximum absolute atomic E-state index is 12.3. The third-order valence-corrected chi connectivity index (χ3v) is 5.30. The Kier molecular flexibility index (Phi) is 3.19. The van der Waals surface area contributed by atoms with Crippen LogP contribution in [0.4, 0.5) is 0 Å². The minimum atomic E-state index is -3.48. The molecule has 0 amide bonds. The number of sulfonamides is 1. The van der Waals surface area contributed by atoms with E-state index in [1.807, 2.05) is 6.92 Å². The number of rotatable bonds is 2. The van der Waals surface area contributed by atoms with Crippen LogP contribution in [0.25, 0.3) is 0 Å². The minimum Gasteiger partial charge on any atom is -0.263 e. The smallest absolute Gasteiger partial charge is 0.246 e. The maximum atomic E-state index is 12.3. The Balaban J connectivity index is 2.43. The Bertz CT molecular complexity index is 489. The summed E-state index contributed by atoms with van der Waals surface area (Å²) in [5, 5.41) is 0.231. The number of nitrogens with zero attached hydrogens (tertiary/aromatic N) is 2. The van der Waals surface area contributed by atoms with Gasteiger partial charge in [0.2, 0.25) is 10.0 Å². The number of hydrogen-bond donors (Lipinski definition) is 0. The summed E-state index contributed by atoms with van der Waals surface area (Å²) in [6.45, 7) is 2.48. The van der Waals surface area contributed by atoms with Gasteiger partial charge in [0.05, 0.1) is 5.02 Å². The third-order valence-electron chi connectivity index (χ3n) is 2.81. The predicted molar refractivity (Wildman–Crippen MR) is 61.8 cm³/mol. The van der Waals surface area contributed by atoms with E-state index in [4.69, 9.17) is 11.6 Å². The van der Waals surface area contributed by atoms with Crippen molar-refractivity contribution in [3.63, 3.8) is 0 Å². The van der Waals surface area contributed by atoms with Crippen molar-refractivity contribution in [3.8, 4) is 0 Å². The lowest BCUT2D eigenvalue weighted by Crippen LogP contribution is -2.33. The number of pyridine rings is 1.